The predicted octanol–water partition coefficient (Wildman–Crippen LogP) is 4.16. The Morgan fingerprint density at radius 3 is 2.77 bits per heavy atom. The summed E-state index contributed by atoms with van der Waals surface area (Å²) < 4.78 is 1.91. The molecular weight excluding hydrogens is 292 g/mol. The third-order valence-corrected chi connectivity index (χ3v) is 5.41. The van der Waals surface area contributed by atoms with Crippen LogP contribution in [0.4, 0.5) is 0 Å². The van der Waals surface area contributed by atoms with Crippen LogP contribution >= 0.6 is 11.3 Å². The maximum Gasteiger partial charge on any atom is 0.262 e. The average molecular weight is 310 g/mol. The van der Waals surface area contributed by atoms with E-state index in [2.05, 4.69) is 19.1 Å². The lowest BCUT2D eigenvalue weighted by Gasteiger charge is -2.09. The van der Waals surface area contributed by atoms with Crippen LogP contribution in [0.15, 0.2) is 35.1 Å². The Morgan fingerprint density at radius 1 is 1.14 bits per heavy atom. The van der Waals surface area contributed by atoms with Crippen molar-refractivity contribution < 1.29 is 0 Å². The Morgan fingerprint density at radius 2 is 1.95 bits per heavy atom. The SMILES string of the molecule is Cc1sc2nc3n(c(=O)c2c1-c1ccccc1)CCCCC3. The van der Waals surface area contributed by atoms with Crippen molar-refractivity contribution in [2.75, 3.05) is 0 Å². The van der Waals surface area contributed by atoms with Gasteiger partial charge in [-0.1, -0.05) is 36.8 Å². The summed E-state index contributed by atoms with van der Waals surface area (Å²) in [7, 11) is 0. The summed E-state index contributed by atoms with van der Waals surface area (Å²) in [5.74, 6) is 0.968. The van der Waals surface area contributed by atoms with Crippen molar-refractivity contribution in [3.8, 4) is 11.1 Å². The summed E-state index contributed by atoms with van der Waals surface area (Å²) >= 11 is 1.64. The molecule has 0 spiro atoms. The van der Waals surface area contributed by atoms with Gasteiger partial charge in [-0.2, -0.15) is 0 Å². The molecule has 0 radical (unpaired) electrons. The van der Waals surface area contributed by atoms with Crippen molar-refractivity contribution in [1.29, 1.82) is 0 Å². The van der Waals surface area contributed by atoms with E-state index in [-0.39, 0.29) is 5.56 Å². The largest absolute Gasteiger partial charge is 0.296 e. The zero-order valence-electron chi connectivity index (χ0n) is 12.6. The van der Waals surface area contributed by atoms with Crippen molar-refractivity contribution in [2.45, 2.75) is 39.2 Å². The molecule has 0 unspecified atom stereocenters. The third kappa shape index (κ3) is 2.10. The average Bonchev–Trinajstić information content (AvgIpc) is 2.70. The van der Waals surface area contributed by atoms with Crippen LogP contribution in [0.1, 0.15) is 30.0 Å². The van der Waals surface area contributed by atoms with Gasteiger partial charge in [0.25, 0.3) is 5.56 Å². The Kier molecular flexibility index (Phi) is 3.34. The minimum Gasteiger partial charge on any atom is -0.296 e. The second kappa shape index (κ2) is 5.36. The number of aromatic nitrogens is 2. The zero-order valence-corrected chi connectivity index (χ0v) is 13.4. The van der Waals surface area contributed by atoms with Crippen LogP contribution in [-0.4, -0.2) is 9.55 Å². The lowest BCUT2D eigenvalue weighted by atomic mass is 10.0. The number of thiophene rings is 1. The minimum atomic E-state index is 0.144. The molecular formula is C18H18N2OS. The van der Waals surface area contributed by atoms with Crippen LogP contribution in [-0.2, 0) is 13.0 Å². The molecule has 0 bridgehead atoms. The lowest BCUT2D eigenvalue weighted by molar-refractivity contribution is 0.614. The highest BCUT2D eigenvalue weighted by atomic mass is 32.1. The fraction of sp³-hybridized carbons (Fsp3) is 0.333. The van der Waals surface area contributed by atoms with E-state index in [0.29, 0.717) is 0 Å². The van der Waals surface area contributed by atoms with E-state index >= 15 is 0 Å². The number of benzene rings is 1. The van der Waals surface area contributed by atoms with Crippen LogP contribution < -0.4 is 5.56 Å². The second-order valence-electron chi connectivity index (χ2n) is 5.87. The van der Waals surface area contributed by atoms with Gasteiger partial charge in [0.2, 0.25) is 0 Å². The molecule has 0 saturated heterocycles. The molecule has 3 aromatic rings. The number of hydrogen-bond donors (Lipinski definition) is 0. The van der Waals surface area contributed by atoms with E-state index in [1.54, 1.807) is 11.3 Å². The fourth-order valence-electron chi connectivity index (χ4n) is 3.34. The van der Waals surface area contributed by atoms with Crippen molar-refractivity contribution in [3.05, 3.63) is 51.4 Å². The first kappa shape index (κ1) is 13.7. The first-order valence-corrected chi connectivity index (χ1v) is 8.65. The number of nitrogens with zero attached hydrogens (tertiary/aromatic N) is 2. The highest BCUT2D eigenvalue weighted by Crippen LogP contribution is 2.35. The van der Waals surface area contributed by atoms with Gasteiger partial charge in [-0.15, -0.1) is 11.3 Å². The van der Waals surface area contributed by atoms with E-state index < -0.39 is 0 Å². The zero-order chi connectivity index (χ0) is 15.1. The molecule has 0 N–H and O–H groups in total. The Balaban J connectivity index is 2.05. The third-order valence-electron chi connectivity index (χ3n) is 4.41. The molecule has 3 heterocycles. The number of hydrogen-bond acceptors (Lipinski definition) is 3. The Bertz CT molecular complexity index is 893. The normalized spacial score (nSPS) is 14.8. The molecule has 3 nitrogen and oxygen atoms in total. The Labute approximate surface area is 133 Å². The van der Waals surface area contributed by atoms with Gasteiger partial charge in [0.1, 0.15) is 10.7 Å². The number of aryl methyl sites for hydroxylation is 2. The van der Waals surface area contributed by atoms with Crippen LogP contribution in [0.5, 0.6) is 0 Å². The van der Waals surface area contributed by atoms with Gasteiger partial charge in [0.05, 0.1) is 5.39 Å². The summed E-state index contributed by atoms with van der Waals surface area (Å²) in [5, 5.41) is 0.805. The van der Waals surface area contributed by atoms with Gasteiger partial charge in [-0.3, -0.25) is 9.36 Å². The highest BCUT2D eigenvalue weighted by molar-refractivity contribution is 7.19. The summed E-state index contributed by atoms with van der Waals surface area (Å²) in [4.78, 5) is 20.0. The maximum atomic E-state index is 13.1. The van der Waals surface area contributed by atoms with Crippen molar-refractivity contribution >= 4 is 21.6 Å². The van der Waals surface area contributed by atoms with Crippen molar-refractivity contribution in [3.63, 3.8) is 0 Å². The fourth-order valence-corrected chi connectivity index (χ4v) is 4.40. The van der Waals surface area contributed by atoms with Crippen LogP contribution in [0.2, 0.25) is 0 Å². The van der Waals surface area contributed by atoms with Crippen molar-refractivity contribution in [2.24, 2.45) is 0 Å². The summed E-state index contributed by atoms with van der Waals surface area (Å²) in [6.07, 6.45) is 4.31. The molecule has 4 heteroatoms. The van der Waals surface area contributed by atoms with Gasteiger partial charge in [-0.25, -0.2) is 4.98 Å². The molecule has 0 fully saturated rings. The van der Waals surface area contributed by atoms with Crippen LogP contribution in [0, 0.1) is 6.92 Å². The first-order chi connectivity index (χ1) is 10.8. The quantitative estimate of drug-likeness (QED) is 0.676. The number of fused-ring (bicyclic) bond motifs is 2. The van der Waals surface area contributed by atoms with Crippen molar-refractivity contribution in [1.82, 2.24) is 9.55 Å². The smallest absolute Gasteiger partial charge is 0.262 e. The van der Waals surface area contributed by atoms with Gasteiger partial charge in [-0.05, 0) is 25.3 Å². The van der Waals surface area contributed by atoms with E-state index in [1.165, 1.54) is 11.3 Å². The van der Waals surface area contributed by atoms with E-state index in [1.807, 2.05) is 22.8 Å². The number of rotatable bonds is 1. The summed E-state index contributed by atoms with van der Waals surface area (Å²) in [5.41, 5.74) is 2.32. The van der Waals surface area contributed by atoms with Crippen LogP contribution in [0.3, 0.4) is 0 Å². The molecule has 22 heavy (non-hydrogen) atoms. The standard InChI is InChI=1S/C18H18N2OS/c1-12-15(13-8-4-2-5-9-13)16-17(22-12)19-14-10-6-3-7-11-20(14)18(16)21/h2,4-5,8-9H,3,6-7,10-11H2,1H3. The van der Waals surface area contributed by atoms with Crippen LogP contribution in [0.25, 0.3) is 21.3 Å². The monoisotopic (exact) mass is 310 g/mol. The summed E-state index contributed by atoms with van der Waals surface area (Å²) in [6, 6.07) is 10.2. The predicted molar refractivity (Wildman–Crippen MR) is 91.6 cm³/mol. The first-order valence-electron chi connectivity index (χ1n) is 7.84. The van der Waals surface area contributed by atoms with Gasteiger partial charge in [0.15, 0.2) is 0 Å². The van der Waals surface area contributed by atoms with E-state index in [4.69, 9.17) is 4.98 Å². The highest BCUT2D eigenvalue weighted by Gasteiger charge is 2.20. The molecule has 112 valence electrons. The minimum absolute atomic E-state index is 0.144. The molecule has 2 aromatic heterocycles. The van der Waals surface area contributed by atoms with Gasteiger partial charge >= 0.3 is 0 Å². The van der Waals surface area contributed by atoms with E-state index in [0.717, 1.165) is 53.0 Å². The molecule has 1 aliphatic heterocycles. The summed E-state index contributed by atoms with van der Waals surface area (Å²) in [6.45, 7) is 2.89. The molecule has 0 aliphatic carbocycles. The molecule has 0 amide bonds. The molecule has 0 atom stereocenters. The Hall–Kier alpha value is -1.94. The topological polar surface area (TPSA) is 34.9 Å². The van der Waals surface area contributed by atoms with Gasteiger partial charge in [0, 0.05) is 23.4 Å². The maximum absolute atomic E-state index is 13.1. The lowest BCUT2D eigenvalue weighted by Crippen LogP contribution is -2.24. The molecule has 0 saturated carbocycles. The van der Waals surface area contributed by atoms with Gasteiger partial charge < -0.3 is 0 Å². The van der Waals surface area contributed by atoms with E-state index in [9.17, 15) is 4.79 Å². The molecule has 1 aliphatic rings. The molecule has 1 aromatic carbocycles. The second-order valence-corrected chi connectivity index (χ2v) is 7.08. The molecule has 4 rings (SSSR count).